The Labute approximate surface area is 169 Å². The second-order valence-electron chi connectivity index (χ2n) is 6.90. The minimum atomic E-state index is -0.0974. The molecule has 0 spiro atoms. The van der Waals surface area contributed by atoms with Gasteiger partial charge in [0.15, 0.2) is 11.5 Å². The van der Waals surface area contributed by atoms with E-state index in [1.807, 2.05) is 18.2 Å². The normalized spacial score (nSPS) is 11.1. The Bertz CT molecular complexity index is 1090. The van der Waals surface area contributed by atoms with Crippen molar-refractivity contribution in [1.82, 2.24) is 15.3 Å². The minimum Gasteiger partial charge on any atom is -0.463 e. The molecule has 0 radical (unpaired) electrons. The van der Waals surface area contributed by atoms with Crippen LogP contribution in [0.3, 0.4) is 0 Å². The van der Waals surface area contributed by atoms with E-state index in [1.54, 1.807) is 36.8 Å². The summed E-state index contributed by atoms with van der Waals surface area (Å²) in [6.07, 6.45) is 7.67. The molecule has 4 aromatic rings. The van der Waals surface area contributed by atoms with E-state index in [9.17, 15) is 4.79 Å². The first kappa shape index (κ1) is 18.9. The van der Waals surface area contributed by atoms with Crippen molar-refractivity contribution in [2.75, 3.05) is 6.54 Å². The van der Waals surface area contributed by atoms with Crippen molar-refractivity contribution in [3.05, 3.63) is 60.6 Å². The molecule has 3 aromatic heterocycles. The molecule has 148 valence electrons. The summed E-state index contributed by atoms with van der Waals surface area (Å²) in [5.41, 5.74) is 3.06. The molecule has 0 aliphatic carbocycles. The number of rotatable bonds is 8. The fourth-order valence-corrected chi connectivity index (χ4v) is 3.22. The van der Waals surface area contributed by atoms with Crippen LogP contribution in [0.4, 0.5) is 0 Å². The standard InChI is InChI=1S/C23H23N3O3/c1-2-3-4-5-12-24-23(27)16-10-11-17-18(15-16)26-22(20-9-7-14-29-20)21(25-17)19-8-6-13-28-19/h6-11,13-15H,2-5,12H2,1H3,(H,24,27). The van der Waals surface area contributed by atoms with Gasteiger partial charge >= 0.3 is 0 Å². The highest BCUT2D eigenvalue weighted by Crippen LogP contribution is 2.31. The van der Waals surface area contributed by atoms with E-state index < -0.39 is 0 Å². The zero-order chi connectivity index (χ0) is 20.1. The molecule has 0 fully saturated rings. The van der Waals surface area contributed by atoms with Gasteiger partial charge in [-0.2, -0.15) is 0 Å². The fourth-order valence-electron chi connectivity index (χ4n) is 3.22. The summed E-state index contributed by atoms with van der Waals surface area (Å²) in [6, 6.07) is 12.6. The Morgan fingerprint density at radius 3 is 2.21 bits per heavy atom. The predicted molar refractivity (Wildman–Crippen MR) is 111 cm³/mol. The highest BCUT2D eigenvalue weighted by Gasteiger charge is 2.18. The molecule has 6 nitrogen and oxygen atoms in total. The van der Waals surface area contributed by atoms with E-state index in [1.165, 1.54) is 12.8 Å². The van der Waals surface area contributed by atoms with Crippen molar-refractivity contribution >= 4 is 16.9 Å². The second-order valence-corrected chi connectivity index (χ2v) is 6.90. The Morgan fingerprint density at radius 1 is 0.897 bits per heavy atom. The van der Waals surface area contributed by atoms with E-state index in [2.05, 4.69) is 12.2 Å². The predicted octanol–water partition coefficient (Wildman–Crippen LogP) is 5.46. The third-order valence-corrected chi connectivity index (χ3v) is 4.75. The third-order valence-electron chi connectivity index (χ3n) is 4.75. The number of carbonyl (C=O) groups is 1. The molecule has 1 N–H and O–H groups in total. The monoisotopic (exact) mass is 389 g/mol. The summed E-state index contributed by atoms with van der Waals surface area (Å²) in [5, 5.41) is 2.98. The Kier molecular flexibility index (Phi) is 5.70. The van der Waals surface area contributed by atoms with Crippen molar-refractivity contribution in [3.63, 3.8) is 0 Å². The maximum atomic E-state index is 12.5. The Hall–Kier alpha value is -3.41. The zero-order valence-corrected chi connectivity index (χ0v) is 16.4. The van der Waals surface area contributed by atoms with E-state index in [0.29, 0.717) is 46.0 Å². The quantitative estimate of drug-likeness (QED) is 0.405. The van der Waals surface area contributed by atoms with Crippen LogP contribution in [-0.2, 0) is 0 Å². The lowest BCUT2D eigenvalue weighted by molar-refractivity contribution is 0.0953. The minimum absolute atomic E-state index is 0.0974. The lowest BCUT2D eigenvalue weighted by Crippen LogP contribution is -2.24. The highest BCUT2D eigenvalue weighted by atomic mass is 16.3. The molecule has 29 heavy (non-hydrogen) atoms. The van der Waals surface area contributed by atoms with Gasteiger partial charge in [-0.3, -0.25) is 4.79 Å². The summed E-state index contributed by atoms with van der Waals surface area (Å²) >= 11 is 0. The van der Waals surface area contributed by atoms with E-state index in [4.69, 9.17) is 18.8 Å². The lowest BCUT2D eigenvalue weighted by atomic mass is 10.1. The van der Waals surface area contributed by atoms with Crippen molar-refractivity contribution in [1.29, 1.82) is 0 Å². The molecule has 0 saturated heterocycles. The molecule has 0 bridgehead atoms. The number of benzene rings is 1. The number of nitrogens with zero attached hydrogens (tertiary/aromatic N) is 2. The molecule has 6 heteroatoms. The molecular formula is C23H23N3O3. The van der Waals surface area contributed by atoms with Crippen LogP contribution in [0.25, 0.3) is 33.9 Å². The Balaban J connectivity index is 1.65. The molecule has 0 atom stereocenters. The van der Waals surface area contributed by atoms with Crippen molar-refractivity contribution < 1.29 is 13.6 Å². The van der Waals surface area contributed by atoms with E-state index in [-0.39, 0.29) is 5.91 Å². The van der Waals surface area contributed by atoms with Crippen LogP contribution in [-0.4, -0.2) is 22.4 Å². The average Bonchev–Trinajstić information content (AvgIpc) is 3.46. The van der Waals surface area contributed by atoms with Crippen LogP contribution in [0, 0.1) is 0 Å². The third kappa shape index (κ3) is 4.21. The maximum Gasteiger partial charge on any atom is 0.251 e. The molecule has 0 saturated carbocycles. The van der Waals surface area contributed by atoms with Crippen LogP contribution in [0.2, 0.25) is 0 Å². The number of hydrogen-bond donors (Lipinski definition) is 1. The summed E-state index contributed by atoms with van der Waals surface area (Å²) in [5.74, 6) is 1.11. The molecule has 0 unspecified atom stereocenters. The fraction of sp³-hybridized carbons (Fsp3) is 0.261. The molecule has 1 amide bonds. The van der Waals surface area contributed by atoms with Crippen LogP contribution < -0.4 is 5.32 Å². The van der Waals surface area contributed by atoms with Gasteiger partial charge in [0, 0.05) is 12.1 Å². The van der Waals surface area contributed by atoms with E-state index in [0.717, 1.165) is 12.8 Å². The summed E-state index contributed by atoms with van der Waals surface area (Å²) < 4.78 is 11.1. The summed E-state index contributed by atoms with van der Waals surface area (Å²) in [4.78, 5) is 22.0. The Morgan fingerprint density at radius 2 is 1.59 bits per heavy atom. The molecule has 0 aliphatic heterocycles. The van der Waals surface area contributed by atoms with Crippen molar-refractivity contribution in [2.45, 2.75) is 32.6 Å². The van der Waals surface area contributed by atoms with Gasteiger partial charge < -0.3 is 14.2 Å². The number of amides is 1. The van der Waals surface area contributed by atoms with Crippen LogP contribution in [0.5, 0.6) is 0 Å². The summed E-state index contributed by atoms with van der Waals surface area (Å²) in [7, 11) is 0. The van der Waals surface area contributed by atoms with Gasteiger partial charge in [-0.15, -0.1) is 0 Å². The first-order valence-electron chi connectivity index (χ1n) is 9.94. The number of furan rings is 2. The number of unbranched alkanes of at least 4 members (excludes halogenated alkanes) is 3. The van der Waals surface area contributed by atoms with Gasteiger partial charge in [0.1, 0.15) is 11.4 Å². The van der Waals surface area contributed by atoms with Gasteiger partial charge in [-0.1, -0.05) is 26.2 Å². The van der Waals surface area contributed by atoms with Crippen LogP contribution in [0.1, 0.15) is 43.0 Å². The lowest BCUT2D eigenvalue weighted by Gasteiger charge is -2.09. The topological polar surface area (TPSA) is 81.2 Å². The van der Waals surface area contributed by atoms with Gasteiger partial charge in [0.25, 0.3) is 5.91 Å². The number of aromatic nitrogens is 2. The number of fused-ring (bicyclic) bond motifs is 1. The zero-order valence-electron chi connectivity index (χ0n) is 16.4. The SMILES string of the molecule is CCCCCCNC(=O)c1ccc2nc(-c3ccco3)c(-c3ccco3)nc2c1. The molecule has 4 rings (SSSR count). The molecule has 1 aromatic carbocycles. The largest absolute Gasteiger partial charge is 0.463 e. The van der Waals surface area contributed by atoms with Crippen LogP contribution >= 0.6 is 0 Å². The maximum absolute atomic E-state index is 12.5. The summed E-state index contributed by atoms with van der Waals surface area (Å²) in [6.45, 7) is 2.85. The number of hydrogen-bond acceptors (Lipinski definition) is 5. The second kappa shape index (κ2) is 8.73. The molecule has 3 heterocycles. The van der Waals surface area contributed by atoms with Crippen LogP contribution in [0.15, 0.2) is 63.8 Å². The first-order chi connectivity index (χ1) is 14.3. The van der Waals surface area contributed by atoms with Crippen molar-refractivity contribution in [3.8, 4) is 22.9 Å². The molecular weight excluding hydrogens is 366 g/mol. The number of nitrogens with one attached hydrogen (secondary N) is 1. The first-order valence-corrected chi connectivity index (χ1v) is 9.94. The van der Waals surface area contributed by atoms with Gasteiger partial charge in [-0.25, -0.2) is 9.97 Å². The van der Waals surface area contributed by atoms with Gasteiger partial charge in [-0.05, 0) is 48.9 Å². The average molecular weight is 389 g/mol. The van der Waals surface area contributed by atoms with Gasteiger partial charge in [0.2, 0.25) is 0 Å². The number of carbonyl (C=O) groups excluding carboxylic acids is 1. The highest BCUT2D eigenvalue weighted by molar-refractivity contribution is 5.97. The molecule has 0 aliphatic rings. The smallest absolute Gasteiger partial charge is 0.251 e. The van der Waals surface area contributed by atoms with Crippen molar-refractivity contribution in [2.24, 2.45) is 0 Å². The van der Waals surface area contributed by atoms with Gasteiger partial charge in [0.05, 0.1) is 23.6 Å². The van der Waals surface area contributed by atoms with E-state index >= 15 is 0 Å².